The fraction of sp³-hybridized carbons (Fsp3) is 0.667. The molecule has 0 aromatic carbocycles. The number of aliphatic hydroxyl groups is 1. The Morgan fingerprint density at radius 1 is 1.69 bits per heavy atom. The molecule has 13 heavy (non-hydrogen) atoms. The minimum atomic E-state index is -0.752. The van der Waals surface area contributed by atoms with Crippen LogP contribution < -0.4 is 5.73 Å². The van der Waals surface area contributed by atoms with E-state index in [2.05, 4.69) is 4.37 Å². The molecule has 3 N–H and O–H groups in total. The van der Waals surface area contributed by atoms with Gasteiger partial charge >= 0.3 is 0 Å². The van der Waals surface area contributed by atoms with Crippen LogP contribution in [0.5, 0.6) is 0 Å². The van der Waals surface area contributed by atoms with E-state index in [0.717, 1.165) is 25.0 Å². The van der Waals surface area contributed by atoms with Gasteiger partial charge in [0.15, 0.2) is 0 Å². The lowest BCUT2D eigenvalue weighted by Crippen LogP contribution is -2.39. The Hall–Kier alpha value is -0.450. The lowest BCUT2D eigenvalue weighted by Gasteiger charge is -2.33. The number of aromatic nitrogens is 1. The second kappa shape index (κ2) is 3.36. The predicted molar refractivity (Wildman–Crippen MR) is 52.5 cm³/mol. The molecule has 1 aliphatic carbocycles. The molecule has 1 aliphatic rings. The average molecular weight is 198 g/mol. The summed E-state index contributed by atoms with van der Waals surface area (Å²) in [6, 6.07) is 2.02. The Labute approximate surface area is 81.8 Å². The summed E-state index contributed by atoms with van der Waals surface area (Å²) in [6.45, 7) is 0. The molecular formula is C9H14N2OS. The standard InChI is InChI=1S/C9H14N2OS/c10-7-2-1-4-9(12,6-7)8-3-5-13-11-8/h3,5,7,12H,1-2,4,6,10H2. The highest BCUT2D eigenvalue weighted by atomic mass is 32.1. The number of rotatable bonds is 1. The van der Waals surface area contributed by atoms with Gasteiger partial charge in [0.05, 0.1) is 5.69 Å². The molecule has 0 radical (unpaired) electrons. The summed E-state index contributed by atoms with van der Waals surface area (Å²) in [5.41, 5.74) is 5.88. The molecule has 2 unspecified atom stereocenters. The Balaban J connectivity index is 2.20. The molecule has 1 heterocycles. The molecule has 2 atom stereocenters. The zero-order valence-electron chi connectivity index (χ0n) is 7.44. The SMILES string of the molecule is NC1CCCC(O)(c2ccsn2)C1. The Kier molecular flexibility index (Phi) is 2.36. The van der Waals surface area contributed by atoms with Crippen molar-refractivity contribution in [1.29, 1.82) is 0 Å². The maximum atomic E-state index is 10.3. The van der Waals surface area contributed by atoms with Gasteiger partial charge in [-0.05, 0) is 43.3 Å². The molecule has 1 saturated carbocycles. The third-order valence-electron chi connectivity index (χ3n) is 2.68. The van der Waals surface area contributed by atoms with Gasteiger partial charge in [-0.3, -0.25) is 0 Å². The van der Waals surface area contributed by atoms with Crippen molar-refractivity contribution in [3.05, 3.63) is 17.1 Å². The molecule has 0 saturated heterocycles. The van der Waals surface area contributed by atoms with E-state index in [4.69, 9.17) is 5.73 Å². The topological polar surface area (TPSA) is 59.1 Å². The zero-order valence-corrected chi connectivity index (χ0v) is 8.26. The van der Waals surface area contributed by atoms with Gasteiger partial charge in [-0.1, -0.05) is 0 Å². The van der Waals surface area contributed by atoms with E-state index in [9.17, 15) is 5.11 Å². The van der Waals surface area contributed by atoms with Crippen LogP contribution in [0.1, 0.15) is 31.4 Å². The molecule has 1 aromatic rings. The van der Waals surface area contributed by atoms with Crippen LogP contribution in [-0.2, 0) is 5.60 Å². The van der Waals surface area contributed by atoms with E-state index in [0.29, 0.717) is 6.42 Å². The van der Waals surface area contributed by atoms with Crippen molar-refractivity contribution >= 4 is 11.5 Å². The molecule has 2 rings (SSSR count). The normalized spacial score (nSPS) is 34.8. The predicted octanol–water partition coefficient (Wildman–Crippen LogP) is 1.23. The van der Waals surface area contributed by atoms with Crippen molar-refractivity contribution < 1.29 is 5.11 Å². The van der Waals surface area contributed by atoms with Crippen LogP contribution in [0.15, 0.2) is 11.4 Å². The lowest BCUT2D eigenvalue weighted by atomic mass is 9.80. The lowest BCUT2D eigenvalue weighted by molar-refractivity contribution is -0.0102. The van der Waals surface area contributed by atoms with Crippen LogP contribution in [0.25, 0.3) is 0 Å². The molecule has 0 aliphatic heterocycles. The summed E-state index contributed by atoms with van der Waals surface area (Å²) in [6.07, 6.45) is 3.46. The molecule has 0 bridgehead atoms. The molecule has 3 nitrogen and oxygen atoms in total. The van der Waals surface area contributed by atoms with Gasteiger partial charge in [-0.15, -0.1) is 0 Å². The number of hydrogen-bond donors (Lipinski definition) is 2. The van der Waals surface area contributed by atoms with E-state index in [1.54, 1.807) is 0 Å². The first-order valence-corrected chi connectivity index (χ1v) is 5.43. The van der Waals surface area contributed by atoms with Gasteiger partial charge in [0.1, 0.15) is 5.60 Å². The third kappa shape index (κ3) is 1.75. The van der Waals surface area contributed by atoms with E-state index < -0.39 is 5.60 Å². The summed E-state index contributed by atoms with van der Waals surface area (Å²) >= 11 is 1.38. The fourth-order valence-corrected chi connectivity index (χ4v) is 2.57. The summed E-state index contributed by atoms with van der Waals surface area (Å²) in [5.74, 6) is 0. The quantitative estimate of drug-likeness (QED) is 0.713. The average Bonchev–Trinajstić information content (AvgIpc) is 2.55. The number of nitrogens with two attached hydrogens (primary N) is 1. The minimum absolute atomic E-state index is 0.125. The van der Waals surface area contributed by atoms with Crippen molar-refractivity contribution in [3.63, 3.8) is 0 Å². The summed E-state index contributed by atoms with van der Waals surface area (Å²) in [4.78, 5) is 0. The van der Waals surface area contributed by atoms with E-state index in [1.807, 2.05) is 11.4 Å². The summed E-state index contributed by atoms with van der Waals surface area (Å²) in [7, 11) is 0. The molecule has 1 aromatic heterocycles. The Morgan fingerprint density at radius 2 is 2.54 bits per heavy atom. The minimum Gasteiger partial charge on any atom is -0.383 e. The first-order valence-electron chi connectivity index (χ1n) is 4.59. The summed E-state index contributed by atoms with van der Waals surface area (Å²) in [5, 5.41) is 12.2. The Morgan fingerprint density at radius 3 is 3.15 bits per heavy atom. The maximum Gasteiger partial charge on any atom is 0.109 e. The second-order valence-electron chi connectivity index (χ2n) is 3.77. The molecular weight excluding hydrogens is 184 g/mol. The van der Waals surface area contributed by atoms with Crippen molar-refractivity contribution in [3.8, 4) is 0 Å². The van der Waals surface area contributed by atoms with Crippen molar-refractivity contribution in [2.24, 2.45) is 5.73 Å². The van der Waals surface area contributed by atoms with Crippen LogP contribution in [-0.4, -0.2) is 15.5 Å². The maximum absolute atomic E-state index is 10.3. The third-order valence-corrected chi connectivity index (χ3v) is 3.24. The largest absolute Gasteiger partial charge is 0.383 e. The number of nitrogens with zero attached hydrogens (tertiary/aromatic N) is 1. The van der Waals surface area contributed by atoms with E-state index >= 15 is 0 Å². The van der Waals surface area contributed by atoms with Gasteiger partial charge in [-0.25, -0.2) is 0 Å². The van der Waals surface area contributed by atoms with Crippen molar-refractivity contribution in [2.45, 2.75) is 37.3 Å². The fourth-order valence-electron chi connectivity index (χ4n) is 1.98. The van der Waals surface area contributed by atoms with Gasteiger partial charge < -0.3 is 10.8 Å². The monoisotopic (exact) mass is 198 g/mol. The molecule has 1 fully saturated rings. The number of hydrogen-bond acceptors (Lipinski definition) is 4. The van der Waals surface area contributed by atoms with Gasteiger partial charge in [0.2, 0.25) is 0 Å². The second-order valence-corrected chi connectivity index (χ2v) is 4.44. The van der Waals surface area contributed by atoms with E-state index in [-0.39, 0.29) is 6.04 Å². The van der Waals surface area contributed by atoms with Crippen LogP contribution >= 0.6 is 11.5 Å². The highest BCUT2D eigenvalue weighted by Crippen LogP contribution is 2.35. The van der Waals surface area contributed by atoms with Gasteiger partial charge in [0, 0.05) is 11.4 Å². The highest BCUT2D eigenvalue weighted by Gasteiger charge is 2.36. The first kappa shape index (κ1) is 9.12. The van der Waals surface area contributed by atoms with Crippen LogP contribution in [0.2, 0.25) is 0 Å². The zero-order chi connectivity index (χ0) is 9.31. The molecule has 72 valence electrons. The van der Waals surface area contributed by atoms with E-state index in [1.165, 1.54) is 11.5 Å². The van der Waals surface area contributed by atoms with Crippen molar-refractivity contribution in [1.82, 2.24) is 4.37 Å². The van der Waals surface area contributed by atoms with Crippen LogP contribution in [0, 0.1) is 0 Å². The molecule has 4 heteroatoms. The molecule has 0 amide bonds. The van der Waals surface area contributed by atoms with Crippen molar-refractivity contribution in [2.75, 3.05) is 0 Å². The summed E-state index contributed by atoms with van der Waals surface area (Å²) < 4.78 is 4.18. The first-order chi connectivity index (χ1) is 6.21. The Bertz CT molecular complexity index is 275. The van der Waals surface area contributed by atoms with Crippen LogP contribution in [0.3, 0.4) is 0 Å². The van der Waals surface area contributed by atoms with Gasteiger partial charge in [0.25, 0.3) is 0 Å². The van der Waals surface area contributed by atoms with Crippen LogP contribution in [0.4, 0.5) is 0 Å². The highest BCUT2D eigenvalue weighted by molar-refractivity contribution is 7.03. The molecule has 0 spiro atoms. The smallest absolute Gasteiger partial charge is 0.109 e. The van der Waals surface area contributed by atoms with Gasteiger partial charge in [-0.2, -0.15) is 4.37 Å².